The van der Waals surface area contributed by atoms with Crippen molar-refractivity contribution in [3.63, 3.8) is 0 Å². The molecule has 1 N–H and O–H groups in total. The van der Waals surface area contributed by atoms with Gasteiger partial charge in [-0.1, -0.05) is 43.3 Å². The van der Waals surface area contributed by atoms with Crippen LogP contribution in [0.5, 0.6) is 0 Å². The molecule has 2 aromatic rings. The summed E-state index contributed by atoms with van der Waals surface area (Å²) in [5.41, 5.74) is 4.17. The van der Waals surface area contributed by atoms with E-state index < -0.39 is 10.0 Å². The first-order valence-electron chi connectivity index (χ1n) is 8.56. The number of allylic oxidation sites excluding steroid dienone is 1. The maximum absolute atomic E-state index is 12.4. The van der Waals surface area contributed by atoms with E-state index in [0.717, 1.165) is 23.1 Å². The summed E-state index contributed by atoms with van der Waals surface area (Å²) in [5, 5.41) is 2.84. The lowest BCUT2D eigenvalue weighted by Crippen LogP contribution is -2.27. The monoisotopic (exact) mass is 370 g/mol. The Hall–Kier alpha value is -2.60. The molecule has 0 aliphatic carbocycles. The van der Waals surface area contributed by atoms with E-state index in [1.54, 1.807) is 12.1 Å². The van der Waals surface area contributed by atoms with Gasteiger partial charge in [-0.05, 0) is 41.7 Å². The fraction of sp³-hybridized carbons (Fsp3) is 0.250. The number of nitrogens with one attached hydrogen (secondary N) is 1. The molecule has 2 aromatic carbocycles. The standard InChI is InChI=1S/C20H22N2O3S/c1-3-15(16-7-5-4-6-8-16)13-20(23)21-18-10-9-17-11-12-22(19(17)14-18)26(2,24)25/h4-10,13-14H,3,11-12H2,1-2H3,(H,21,23)/b15-13+. The highest BCUT2D eigenvalue weighted by Crippen LogP contribution is 2.32. The summed E-state index contributed by atoms with van der Waals surface area (Å²) >= 11 is 0. The van der Waals surface area contributed by atoms with Crippen LogP contribution in [0, 0.1) is 0 Å². The van der Waals surface area contributed by atoms with Crippen molar-refractivity contribution >= 4 is 32.9 Å². The third-order valence-corrected chi connectivity index (χ3v) is 5.62. The summed E-state index contributed by atoms with van der Waals surface area (Å²) in [4.78, 5) is 12.4. The summed E-state index contributed by atoms with van der Waals surface area (Å²) < 4.78 is 25.2. The van der Waals surface area contributed by atoms with Gasteiger partial charge in [-0.15, -0.1) is 0 Å². The van der Waals surface area contributed by atoms with Crippen LogP contribution >= 0.6 is 0 Å². The molecule has 5 nitrogen and oxygen atoms in total. The van der Waals surface area contributed by atoms with E-state index in [9.17, 15) is 13.2 Å². The quantitative estimate of drug-likeness (QED) is 0.820. The van der Waals surface area contributed by atoms with Gasteiger partial charge >= 0.3 is 0 Å². The lowest BCUT2D eigenvalue weighted by molar-refractivity contribution is -0.111. The zero-order chi connectivity index (χ0) is 18.7. The first-order valence-corrected chi connectivity index (χ1v) is 10.4. The van der Waals surface area contributed by atoms with Crippen LogP contribution in [0.3, 0.4) is 0 Å². The summed E-state index contributed by atoms with van der Waals surface area (Å²) in [6.45, 7) is 2.45. The molecule has 1 amide bonds. The third-order valence-electron chi connectivity index (χ3n) is 4.44. The molecule has 136 valence electrons. The topological polar surface area (TPSA) is 66.5 Å². The highest BCUT2D eigenvalue weighted by atomic mass is 32.2. The number of amides is 1. The van der Waals surface area contributed by atoms with Gasteiger partial charge in [0, 0.05) is 18.3 Å². The zero-order valence-electron chi connectivity index (χ0n) is 14.9. The Labute approximate surface area is 154 Å². The number of hydrogen-bond acceptors (Lipinski definition) is 3. The van der Waals surface area contributed by atoms with Crippen molar-refractivity contribution in [2.45, 2.75) is 19.8 Å². The van der Waals surface area contributed by atoms with Gasteiger partial charge in [0.15, 0.2) is 0 Å². The molecular weight excluding hydrogens is 348 g/mol. The number of rotatable bonds is 5. The summed E-state index contributed by atoms with van der Waals surface area (Å²) in [7, 11) is -3.31. The summed E-state index contributed by atoms with van der Waals surface area (Å²) in [6, 6.07) is 15.2. The number of carbonyl (C=O) groups excluding carboxylic acids is 1. The van der Waals surface area contributed by atoms with E-state index in [-0.39, 0.29) is 5.91 Å². The van der Waals surface area contributed by atoms with Crippen LogP contribution in [0.25, 0.3) is 5.57 Å². The van der Waals surface area contributed by atoms with E-state index in [4.69, 9.17) is 0 Å². The molecule has 0 atom stereocenters. The van der Waals surface area contributed by atoms with Gasteiger partial charge in [-0.3, -0.25) is 9.10 Å². The van der Waals surface area contributed by atoms with Crippen LogP contribution in [0.4, 0.5) is 11.4 Å². The first-order chi connectivity index (χ1) is 12.4. The summed E-state index contributed by atoms with van der Waals surface area (Å²) in [6.07, 6.45) is 4.22. The van der Waals surface area contributed by atoms with E-state index in [2.05, 4.69) is 5.32 Å². The zero-order valence-corrected chi connectivity index (χ0v) is 15.7. The average Bonchev–Trinajstić information content (AvgIpc) is 3.04. The van der Waals surface area contributed by atoms with E-state index in [1.165, 1.54) is 10.6 Å². The largest absolute Gasteiger partial charge is 0.322 e. The molecule has 0 fully saturated rings. The smallest absolute Gasteiger partial charge is 0.248 e. The number of anilines is 2. The SMILES string of the molecule is CC/C(=C\C(=O)Nc1ccc2c(c1)N(S(C)(=O)=O)CC2)c1ccccc1. The van der Waals surface area contributed by atoms with Gasteiger partial charge < -0.3 is 5.32 Å². The molecule has 0 saturated carbocycles. The predicted octanol–water partition coefficient (Wildman–Crippen LogP) is 3.44. The van der Waals surface area contributed by atoms with Crippen LogP contribution < -0.4 is 9.62 Å². The molecule has 1 heterocycles. The second kappa shape index (κ2) is 7.33. The van der Waals surface area contributed by atoms with Crippen molar-refractivity contribution in [3.05, 3.63) is 65.7 Å². The minimum Gasteiger partial charge on any atom is -0.322 e. The van der Waals surface area contributed by atoms with Gasteiger partial charge in [0.2, 0.25) is 15.9 Å². The molecule has 1 aliphatic rings. The highest BCUT2D eigenvalue weighted by molar-refractivity contribution is 7.92. The van der Waals surface area contributed by atoms with Gasteiger partial charge in [0.25, 0.3) is 0 Å². The van der Waals surface area contributed by atoms with Crippen molar-refractivity contribution in [2.24, 2.45) is 0 Å². The Balaban J connectivity index is 1.81. The average molecular weight is 370 g/mol. The fourth-order valence-corrected chi connectivity index (χ4v) is 4.10. The van der Waals surface area contributed by atoms with Gasteiger partial charge in [-0.2, -0.15) is 0 Å². The second-order valence-corrected chi connectivity index (χ2v) is 8.21. The minimum atomic E-state index is -3.31. The van der Waals surface area contributed by atoms with Gasteiger partial charge in [0.1, 0.15) is 0 Å². The molecule has 1 aliphatic heterocycles. The molecule has 0 radical (unpaired) electrons. The van der Waals surface area contributed by atoms with E-state index in [1.807, 2.05) is 49.4 Å². The normalized spacial score (nSPS) is 14.2. The molecule has 0 saturated heterocycles. The Kier molecular flexibility index (Phi) is 5.13. The number of carbonyl (C=O) groups is 1. The van der Waals surface area contributed by atoms with Crippen LogP contribution in [0.1, 0.15) is 24.5 Å². The van der Waals surface area contributed by atoms with Crippen LogP contribution in [0.15, 0.2) is 54.6 Å². The number of sulfonamides is 1. The lowest BCUT2D eigenvalue weighted by Gasteiger charge is -2.17. The first kappa shape index (κ1) is 18.2. The number of nitrogens with zero attached hydrogens (tertiary/aromatic N) is 1. The molecule has 6 heteroatoms. The van der Waals surface area contributed by atoms with Crippen molar-refractivity contribution in [2.75, 3.05) is 22.4 Å². The van der Waals surface area contributed by atoms with Crippen LogP contribution in [-0.2, 0) is 21.2 Å². The van der Waals surface area contributed by atoms with Crippen LogP contribution in [-0.4, -0.2) is 27.1 Å². The van der Waals surface area contributed by atoms with Crippen molar-refractivity contribution < 1.29 is 13.2 Å². The Morgan fingerprint density at radius 1 is 1.19 bits per heavy atom. The number of hydrogen-bond donors (Lipinski definition) is 1. The maximum Gasteiger partial charge on any atom is 0.248 e. The minimum absolute atomic E-state index is 0.227. The number of benzene rings is 2. The molecule has 26 heavy (non-hydrogen) atoms. The van der Waals surface area contributed by atoms with Crippen molar-refractivity contribution in [3.8, 4) is 0 Å². The molecule has 0 unspecified atom stereocenters. The Bertz CT molecular complexity index is 950. The molecule has 3 rings (SSSR count). The second-order valence-electron chi connectivity index (χ2n) is 6.31. The molecule has 0 bridgehead atoms. The van der Waals surface area contributed by atoms with Crippen LogP contribution in [0.2, 0.25) is 0 Å². The lowest BCUT2D eigenvalue weighted by atomic mass is 10.0. The van der Waals surface area contributed by atoms with Crippen molar-refractivity contribution in [1.82, 2.24) is 0 Å². The van der Waals surface area contributed by atoms with E-state index >= 15 is 0 Å². The van der Waals surface area contributed by atoms with Gasteiger partial charge in [-0.25, -0.2) is 8.42 Å². The highest BCUT2D eigenvalue weighted by Gasteiger charge is 2.26. The Morgan fingerprint density at radius 3 is 2.58 bits per heavy atom. The van der Waals surface area contributed by atoms with Gasteiger partial charge in [0.05, 0.1) is 11.9 Å². The summed E-state index contributed by atoms with van der Waals surface area (Å²) in [5.74, 6) is -0.227. The van der Waals surface area contributed by atoms with E-state index in [0.29, 0.717) is 24.3 Å². The predicted molar refractivity (Wildman–Crippen MR) is 106 cm³/mol. The van der Waals surface area contributed by atoms with Crippen molar-refractivity contribution in [1.29, 1.82) is 0 Å². The maximum atomic E-state index is 12.4. The Morgan fingerprint density at radius 2 is 1.92 bits per heavy atom. The number of fused-ring (bicyclic) bond motifs is 1. The molecular formula is C20H22N2O3S. The molecule has 0 spiro atoms. The molecule has 0 aromatic heterocycles. The third kappa shape index (κ3) is 3.96. The fourth-order valence-electron chi connectivity index (χ4n) is 3.15.